The standard InChI is InChI=1S/C38H57ClO4/c1-4-6-7-8-9-10-11-12-13-14-15-16-17-18-19-20-21-37(40)43-35-28-26-33(27-29-35)32-22-24-34(25-23-32)38(41)42-30-36(39)31(3)5-2/h22-29,31,36H,4-21,30H2,1-3H3. The summed E-state index contributed by atoms with van der Waals surface area (Å²) in [7, 11) is 0. The van der Waals surface area contributed by atoms with Gasteiger partial charge in [-0.05, 0) is 47.7 Å². The normalized spacial score (nSPS) is 12.6. The van der Waals surface area contributed by atoms with E-state index in [1.165, 1.54) is 89.9 Å². The van der Waals surface area contributed by atoms with Crippen molar-refractivity contribution in [2.45, 2.75) is 142 Å². The smallest absolute Gasteiger partial charge is 0.338 e. The van der Waals surface area contributed by atoms with E-state index in [1.807, 2.05) is 36.4 Å². The number of halogens is 1. The lowest BCUT2D eigenvalue weighted by atomic mass is 10.0. The third-order valence-corrected chi connectivity index (χ3v) is 8.97. The Labute approximate surface area is 267 Å². The number of ether oxygens (including phenoxy) is 2. The molecule has 240 valence electrons. The third kappa shape index (κ3) is 16.4. The lowest BCUT2D eigenvalue weighted by Gasteiger charge is -2.16. The van der Waals surface area contributed by atoms with Gasteiger partial charge in [-0.15, -0.1) is 11.6 Å². The number of benzene rings is 2. The number of hydrogen-bond acceptors (Lipinski definition) is 4. The first kappa shape index (κ1) is 36.9. The van der Waals surface area contributed by atoms with Crippen molar-refractivity contribution < 1.29 is 19.1 Å². The third-order valence-electron chi connectivity index (χ3n) is 8.41. The molecule has 0 fully saturated rings. The van der Waals surface area contributed by atoms with Gasteiger partial charge < -0.3 is 9.47 Å². The molecule has 0 saturated carbocycles. The minimum atomic E-state index is -0.368. The maximum absolute atomic E-state index is 12.4. The number of alkyl halides is 1. The molecule has 2 aromatic rings. The molecule has 4 nitrogen and oxygen atoms in total. The zero-order valence-electron chi connectivity index (χ0n) is 27.2. The zero-order chi connectivity index (χ0) is 31.1. The molecule has 0 N–H and O–H groups in total. The summed E-state index contributed by atoms with van der Waals surface area (Å²) in [5.41, 5.74) is 2.45. The second-order valence-corrected chi connectivity index (χ2v) is 12.7. The van der Waals surface area contributed by atoms with Gasteiger partial charge in [0.15, 0.2) is 0 Å². The molecule has 0 amide bonds. The van der Waals surface area contributed by atoms with Crippen LogP contribution in [0.2, 0.25) is 0 Å². The van der Waals surface area contributed by atoms with Crippen LogP contribution >= 0.6 is 11.6 Å². The summed E-state index contributed by atoms with van der Waals surface area (Å²) in [6, 6.07) is 14.8. The van der Waals surface area contributed by atoms with E-state index in [9.17, 15) is 9.59 Å². The van der Waals surface area contributed by atoms with E-state index in [2.05, 4.69) is 20.8 Å². The first-order valence-corrected chi connectivity index (χ1v) is 17.6. The quantitative estimate of drug-likeness (QED) is 0.0512. The molecule has 0 bridgehead atoms. The molecule has 0 radical (unpaired) electrons. The van der Waals surface area contributed by atoms with E-state index in [1.54, 1.807) is 12.1 Å². The Morgan fingerprint density at radius 2 is 1.09 bits per heavy atom. The molecule has 2 atom stereocenters. The Hall–Kier alpha value is -2.33. The molecule has 43 heavy (non-hydrogen) atoms. The van der Waals surface area contributed by atoms with Crippen LogP contribution < -0.4 is 4.74 Å². The average molecular weight is 613 g/mol. The van der Waals surface area contributed by atoms with Gasteiger partial charge in [0.2, 0.25) is 0 Å². The monoisotopic (exact) mass is 612 g/mol. The lowest BCUT2D eigenvalue weighted by Crippen LogP contribution is -2.20. The van der Waals surface area contributed by atoms with Gasteiger partial charge in [-0.2, -0.15) is 0 Å². The molecule has 2 rings (SSSR count). The molecule has 2 aromatic carbocycles. The van der Waals surface area contributed by atoms with Crippen LogP contribution in [0.15, 0.2) is 48.5 Å². The fourth-order valence-corrected chi connectivity index (χ4v) is 5.41. The lowest BCUT2D eigenvalue weighted by molar-refractivity contribution is -0.134. The van der Waals surface area contributed by atoms with Crippen LogP contribution in [0.4, 0.5) is 0 Å². The second kappa shape index (κ2) is 23.1. The van der Waals surface area contributed by atoms with Crippen LogP contribution in [0.1, 0.15) is 147 Å². The first-order chi connectivity index (χ1) is 20.9. The highest BCUT2D eigenvalue weighted by Gasteiger charge is 2.16. The molecule has 5 heteroatoms. The topological polar surface area (TPSA) is 52.6 Å². The van der Waals surface area contributed by atoms with Crippen molar-refractivity contribution >= 4 is 23.5 Å². The highest BCUT2D eigenvalue weighted by Crippen LogP contribution is 2.24. The van der Waals surface area contributed by atoms with E-state index in [0.29, 0.717) is 17.7 Å². The number of rotatable bonds is 24. The molecule has 0 aliphatic rings. The summed E-state index contributed by atoms with van der Waals surface area (Å²) >= 11 is 6.29. The van der Waals surface area contributed by atoms with Crippen molar-refractivity contribution in [2.24, 2.45) is 5.92 Å². The highest BCUT2D eigenvalue weighted by molar-refractivity contribution is 6.21. The van der Waals surface area contributed by atoms with Crippen LogP contribution in [0.3, 0.4) is 0 Å². The highest BCUT2D eigenvalue weighted by atomic mass is 35.5. The van der Waals surface area contributed by atoms with E-state index in [0.717, 1.165) is 30.4 Å². The number of esters is 2. The van der Waals surface area contributed by atoms with Crippen LogP contribution in [-0.4, -0.2) is 23.9 Å². The van der Waals surface area contributed by atoms with Crippen LogP contribution in [0, 0.1) is 5.92 Å². The summed E-state index contributed by atoms with van der Waals surface area (Å²) < 4.78 is 10.9. The number of hydrogen-bond donors (Lipinski definition) is 0. The Bertz CT molecular complexity index is 1000. The van der Waals surface area contributed by atoms with Crippen molar-refractivity contribution in [3.05, 3.63) is 54.1 Å². The van der Waals surface area contributed by atoms with Crippen LogP contribution in [-0.2, 0) is 9.53 Å². The largest absolute Gasteiger partial charge is 0.461 e. The summed E-state index contributed by atoms with van der Waals surface area (Å²) in [6.07, 6.45) is 22.5. The molecular formula is C38H57ClO4. The Kier molecular flexibility index (Phi) is 19.8. The fraction of sp³-hybridized carbons (Fsp3) is 0.632. The van der Waals surface area contributed by atoms with Crippen molar-refractivity contribution in [3.63, 3.8) is 0 Å². The van der Waals surface area contributed by atoms with Crippen molar-refractivity contribution in [2.75, 3.05) is 6.61 Å². The van der Waals surface area contributed by atoms with Gasteiger partial charge in [0, 0.05) is 6.42 Å². The molecular weight excluding hydrogens is 556 g/mol. The van der Waals surface area contributed by atoms with Crippen LogP contribution in [0.25, 0.3) is 11.1 Å². The van der Waals surface area contributed by atoms with E-state index in [4.69, 9.17) is 21.1 Å². The van der Waals surface area contributed by atoms with Crippen molar-refractivity contribution in [3.8, 4) is 16.9 Å². The van der Waals surface area contributed by atoms with E-state index >= 15 is 0 Å². The molecule has 0 aromatic heterocycles. The maximum Gasteiger partial charge on any atom is 0.338 e. The summed E-state index contributed by atoms with van der Waals surface area (Å²) in [4.78, 5) is 24.6. The predicted octanol–water partition coefficient (Wildman–Crippen LogP) is 11.7. The van der Waals surface area contributed by atoms with Gasteiger partial charge in [0.1, 0.15) is 12.4 Å². The van der Waals surface area contributed by atoms with Gasteiger partial charge in [-0.25, -0.2) is 4.79 Å². The number of carbonyl (C=O) groups excluding carboxylic acids is 2. The number of unbranched alkanes of at least 4 members (excludes halogenated alkanes) is 15. The van der Waals surface area contributed by atoms with Gasteiger partial charge >= 0.3 is 11.9 Å². The zero-order valence-corrected chi connectivity index (χ0v) is 28.0. The van der Waals surface area contributed by atoms with Gasteiger partial charge in [-0.1, -0.05) is 148 Å². The van der Waals surface area contributed by atoms with Crippen molar-refractivity contribution in [1.29, 1.82) is 0 Å². The molecule has 0 aliphatic carbocycles. The van der Waals surface area contributed by atoms with Crippen molar-refractivity contribution in [1.82, 2.24) is 0 Å². The average Bonchev–Trinajstić information content (AvgIpc) is 3.03. The van der Waals surface area contributed by atoms with E-state index < -0.39 is 0 Å². The maximum atomic E-state index is 12.4. The van der Waals surface area contributed by atoms with Gasteiger partial charge in [-0.3, -0.25) is 4.79 Å². The second-order valence-electron chi connectivity index (χ2n) is 12.1. The Morgan fingerprint density at radius 1 is 0.651 bits per heavy atom. The summed E-state index contributed by atoms with van der Waals surface area (Å²) in [5, 5.41) is -0.185. The molecule has 2 unspecified atom stereocenters. The molecule has 0 aliphatic heterocycles. The summed E-state index contributed by atoms with van der Waals surface area (Å²) in [6.45, 7) is 6.60. The number of carbonyl (C=O) groups is 2. The Balaban J connectivity index is 1.54. The summed E-state index contributed by atoms with van der Waals surface area (Å²) in [5.74, 6) is 0.306. The van der Waals surface area contributed by atoms with Gasteiger partial charge in [0.05, 0.1) is 10.9 Å². The van der Waals surface area contributed by atoms with E-state index in [-0.39, 0.29) is 29.8 Å². The minimum Gasteiger partial charge on any atom is -0.461 e. The minimum absolute atomic E-state index is 0.173. The predicted molar refractivity (Wildman–Crippen MR) is 181 cm³/mol. The van der Waals surface area contributed by atoms with Crippen LogP contribution in [0.5, 0.6) is 5.75 Å². The molecule has 0 heterocycles. The van der Waals surface area contributed by atoms with Gasteiger partial charge in [0.25, 0.3) is 0 Å². The molecule has 0 spiro atoms. The molecule has 0 saturated heterocycles. The fourth-order valence-electron chi connectivity index (χ4n) is 5.17. The first-order valence-electron chi connectivity index (χ1n) is 17.2. The SMILES string of the molecule is CCCCCCCCCCCCCCCCCCC(=O)Oc1ccc(-c2ccc(C(=O)OCC(Cl)C(C)CC)cc2)cc1. The Morgan fingerprint density at radius 3 is 1.56 bits per heavy atom.